The van der Waals surface area contributed by atoms with Crippen LogP contribution < -0.4 is 9.47 Å². The summed E-state index contributed by atoms with van der Waals surface area (Å²) in [6, 6.07) is 15.4. The Hall–Kier alpha value is -3.67. The molecule has 1 aliphatic rings. The van der Waals surface area contributed by atoms with E-state index in [1.165, 1.54) is 19.2 Å². The van der Waals surface area contributed by atoms with Gasteiger partial charge in [0.15, 0.2) is 17.3 Å². The molecule has 0 aliphatic carbocycles. The van der Waals surface area contributed by atoms with Crippen molar-refractivity contribution in [2.45, 2.75) is 18.9 Å². The highest BCUT2D eigenvalue weighted by Crippen LogP contribution is 2.46. The van der Waals surface area contributed by atoms with Crippen LogP contribution in [0.1, 0.15) is 39.6 Å². The lowest BCUT2D eigenvalue weighted by Gasteiger charge is -2.28. The van der Waals surface area contributed by atoms with Gasteiger partial charge in [-0.25, -0.2) is 0 Å². The van der Waals surface area contributed by atoms with Crippen molar-refractivity contribution in [3.05, 3.63) is 76.9 Å². The zero-order valence-electron chi connectivity index (χ0n) is 15.8. The van der Waals surface area contributed by atoms with Crippen molar-refractivity contribution >= 4 is 5.78 Å². The summed E-state index contributed by atoms with van der Waals surface area (Å²) in [7, 11) is 1.41. The molecular weight excluding hydrogens is 372 g/mol. The van der Waals surface area contributed by atoms with Gasteiger partial charge >= 0.3 is 0 Å². The molecule has 0 aromatic heterocycles. The topological polar surface area (TPSA) is 96.2 Å². The fourth-order valence-corrected chi connectivity index (χ4v) is 3.65. The van der Waals surface area contributed by atoms with E-state index in [-0.39, 0.29) is 52.9 Å². The summed E-state index contributed by atoms with van der Waals surface area (Å²) in [6.07, 6.45) is -0.228. The lowest BCUT2D eigenvalue weighted by Crippen LogP contribution is -2.21. The molecule has 3 aromatic rings. The summed E-state index contributed by atoms with van der Waals surface area (Å²) in [5.74, 6) is -0.349. The largest absolute Gasteiger partial charge is 0.507 e. The van der Waals surface area contributed by atoms with Crippen LogP contribution in [-0.4, -0.2) is 28.2 Å². The Bertz CT molecular complexity index is 1070. The normalized spacial score (nSPS) is 15.5. The second-order valence-electron chi connectivity index (χ2n) is 6.89. The number of Topliss-reactive ketones (excluding diaryl/α,β-unsaturated/α-hetero) is 1. The van der Waals surface area contributed by atoms with Gasteiger partial charge in [0, 0.05) is 23.6 Å². The molecule has 0 saturated carbocycles. The van der Waals surface area contributed by atoms with Crippen LogP contribution in [0.25, 0.3) is 0 Å². The number of hydrogen-bond donors (Lipinski definition) is 3. The number of phenolic OH excluding ortho intramolecular Hbond substituents is 3. The van der Waals surface area contributed by atoms with E-state index in [0.29, 0.717) is 11.1 Å². The molecule has 3 N–H and O–H groups in total. The van der Waals surface area contributed by atoms with Gasteiger partial charge in [-0.05, 0) is 11.6 Å². The number of rotatable bonds is 4. The number of carbonyl (C=O) groups excluding carboxylic acids is 1. The summed E-state index contributed by atoms with van der Waals surface area (Å²) in [5.41, 5.74) is 1.87. The first-order valence-corrected chi connectivity index (χ1v) is 9.17. The highest BCUT2D eigenvalue weighted by molar-refractivity contribution is 6.03. The molecule has 3 aromatic carbocycles. The molecule has 0 spiro atoms. The molecule has 1 heterocycles. The summed E-state index contributed by atoms with van der Waals surface area (Å²) >= 11 is 0. The summed E-state index contributed by atoms with van der Waals surface area (Å²) in [6.45, 7) is 0. The molecule has 6 nitrogen and oxygen atoms in total. The number of aromatic hydroxyl groups is 3. The lowest BCUT2D eigenvalue weighted by molar-refractivity contribution is 0.0844. The highest BCUT2D eigenvalue weighted by Gasteiger charge is 2.33. The first-order valence-electron chi connectivity index (χ1n) is 9.17. The van der Waals surface area contributed by atoms with Crippen molar-refractivity contribution < 1.29 is 29.6 Å². The number of ketones is 1. The van der Waals surface area contributed by atoms with Gasteiger partial charge in [0.25, 0.3) is 0 Å². The predicted octanol–water partition coefficient (Wildman–Crippen LogP) is 4.11. The number of phenols is 3. The lowest BCUT2D eigenvalue weighted by atomic mass is 9.91. The Balaban J connectivity index is 1.77. The van der Waals surface area contributed by atoms with Crippen molar-refractivity contribution in [2.24, 2.45) is 0 Å². The zero-order valence-corrected chi connectivity index (χ0v) is 15.8. The molecule has 0 radical (unpaired) electrons. The third kappa shape index (κ3) is 3.33. The maximum atomic E-state index is 13.0. The second kappa shape index (κ2) is 7.39. The second-order valence-corrected chi connectivity index (χ2v) is 6.89. The predicted molar refractivity (Wildman–Crippen MR) is 106 cm³/mol. The van der Waals surface area contributed by atoms with E-state index < -0.39 is 6.10 Å². The van der Waals surface area contributed by atoms with Crippen LogP contribution in [0.3, 0.4) is 0 Å². The van der Waals surface area contributed by atoms with Crippen LogP contribution in [0, 0.1) is 0 Å². The summed E-state index contributed by atoms with van der Waals surface area (Å²) in [5, 5.41) is 30.5. The van der Waals surface area contributed by atoms with Crippen LogP contribution in [0.15, 0.2) is 54.6 Å². The number of carbonyl (C=O) groups is 1. The Morgan fingerprint density at radius 3 is 2.52 bits per heavy atom. The minimum Gasteiger partial charge on any atom is -0.507 e. The zero-order chi connectivity index (χ0) is 20.5. The molecule has 1 atom stereocenters. The van der Waals surface area contributed by atoms with E-state index in [1.807, 2.05) is 30.3 Å². The smallest absolute Gasteiger partial charge is 0.174 e. The summed E-state index contributed by atoms with van der Waals surface area (Å²) in [4.78, 5) is 13.0. The molecule has 0 saturated heterocycles. The van der Waals surface area contributed by atoms with Gasteiger partial charge in [0.1, 0.15) is 28.9 Å². The number of fused-ring (bicyclic) bond motifs is 1. The molecule has 0 bridgehead atoms. The van der Waals surface area contributed by atoms with Crippen LogP contribution >= 0.6 is 0 Å². The van der Waals surface area contributed by atoms with Gasteiger partial charge < -0.3 is 24.8 Å². The number of ether oxygens (including phenoxy) is 2. The minimum absolute atomic E-state index is 0.0674. The molecule has 4 rings (SSSR count). The highest BCUT2D eigenvalue weighted by atomic mass is 16.5. The number of para-hydroxylation sites is 1. The first kappa shape index (κ1) is 18.7. The Morgan fingerprint density at radius 2 is 1.79 bits per heavy atom. The van der Waals surface area contributed by atoms with Crippen LogP contribution in [0.2, 0.25) is 0 Å². The monoisotopic (exact) mass is 392 g/mol. The molecular formula is C23H20O6. The van der Waals surface area contributed by atoms with Crippen molar-refractivity contribution in [1.29, 1.82) is 0 Å². The van der Waals surface area contributed by atoms with E-state index in [0.717, 1.165) is 5.56 Å². The third-order valence-corrected chi connectivity index (χ3v) is 5.08. The number of hydrogen-bond acceptors (Lipinski definition) is 6. The maximum Gasteiger partial charge on any atom is 0.174 e. The minimum atomic E-state index is -0.443. The molecule has 1 aliphatic heterocycles. The molecule has 0 amide bonds. The number of benzene rings is 3. The molecule has 6 heteroatoms. The summed E-state index contributed by atoms with van der Waals surface area (Å²) < 4.78 is 11.5. The third-order valence-electron chi connectivity index (χ3n) is 5.08. The van der Waals surface area contributed by atoms with Gasteiger partial charge in [-0.15, -0.1) is 0 Å². The fourth-order valence-electron chi connectivity index (χ4n) is 3.65. The standard InChI is InChI=1S/C23H20O6/c1-28-23-15(10-14-8-5-9-16(24)22(14)27)17(25)11-20-21(23)18(26)12-19(29-20)13-6-3-2-4-7-13/h2-9,11,19,24-25,27H,10,12H2,1H3. The van der Waals surface area contributed by atoms with Gasteiger partial charge in [-0.3, -0.25) is 4.79 Å². The van der Waals surface area contributed by atoms with Crippen molar-refractivity contribution in [1.82, 2.24) is 0 Å². The Labute approximate surface area is 167 Å². The van der Waals surface area contributed by atoms with E-state index in [9.17, 15) is 20.1 Å². The average molecular weight is 392 g/mol. The average Bonchev–Trinajstić information content (AvgIpc) is 2.72. The SMILES string of the molecule is COc1c(Cc2cccc(O)c2O)c(O)cc2c1C(=O)CC(c1ccccc1)O2. The van der Waals surface area contributed by atoms with Gasteiger partial charge in [-0.2, -0.15) is 0 Å². The fraction of sp³-hybridized carbons (Fsp3) is 0.174. The molecule has 0 fully saturated rings. The van der Waals surface area contributed by atoms with E-state index in [1.54, 1.807) is 12.1 Å². The van der Waals surface area contributed by atoms with E-state index >= 15 is 0 Å². The Kier molecular flexibility index (Phi) is 4.76. The van der Waals surface area contributed by atoms with Crippen molar-refractivity contribution in [2.75, 3.05) is 7.11 Å². The van der Waals surface area contributed by atoms with Crippen molar-refractivity contribution in [3.8, 4) is 28.7 Å². The van der Waals surface area contributed by atoms with Crippen molar-refractivity contribution in [3.63, 3.8) is 0 Å². The maximum absolute atomic E-state index is 13.0. The van der Waals surface area contributed by atoms with Gasteiger partial charge in [0.05, 0.1) is 13.5 Å². The van der Waals surface area contributed by atoms with Crippen LogP contribution in [0.4, 0.5) is 0 Å². The molecule has 148 valence electrons. The first-order chi connectivity index (χ1) is 14.0. The van der Waals surface area contributed by atoms with Crippen LogP contribution in [-0.2, 0) is 6.42 Å². The van der Waals surface area contributed by atoms with Gasteiger partial charge in [-0.1, -0.05) is 42.5 Å². The van der Waals surface area contributed by atoms with Gasteiger partial charge in [0.2, 0.25) is 0 Å². The van der Waals surface area contributed by atoms with E-state index in [4.69, 9.17) is 9.47 Å². The quantitative estimate of drug-likeness (QED) is 0.578. The Morgan fingerprint density at radius 1 is 1.03 bits per heavy atom. The van der Waals surface area contributed by atoms with Crippen LogP contribution in [0.5, 0.6) is 28.7 Å². The van der Waals surface area contributed by atoms with E-state index in [2.05, 4.69) is 0 Å². The molecule has 1 unspecified atom stereocenters. The number of methoxy groups -OCH3 is 1. The molecule has 29 heavy (non-hydrogen) atoms.